The molecule has 7 heteroatoms. The Morgan fingerprint density at radius 2 is 1.82 bits per heavy atom. The first-order chi connectivity index (χ1) is 15.8. The lowest BCUT2D eigenvalue weighted by molar-refractivity contribution is 0.354. The van der Waals surface area contributed by atoms with Crippen LogP contribution in [0.3, 0.4) is 0 Å². The van der Waals surface area contributed by atoms with E-state index >= 15 is 0 Å². The maximum atomic E-state index is 12.9. The van der Waals surface area contributed by atoms with E-state index in [0.717, 1.165) is 22.4 Å². The molecular formula is C26H27N3O4. The van der Waals surface area contributed by atoms with E-state index in [2.05, 4.69) is 4.99 Å². The van der Waals surface area contributed by atoms with Gasteiger partial charge in [-0.15, -0.1) is 0 Å². The van der Waals surface area contributed by atoms with Gasteiger partial charge in [0, 0.05) is 12.8 Å². The Balaban J connectivity index is 2.01. The fraction of sp³-hybridized carbons (Fsp3) is 0.269. The molecule has 0 radical (unpaired) electrons. The number of pyridine rings is 1. The summed E-state index contributed by atoms with van der Waals surface area (Å²) in [4.78, 5) is 17.4. The summed E-state index contributed by atoms with van der Waals surface area (Å²) < 4.78 is 11.8. The van der Waals surface area contributed by atoms with E-state index in [1.807, 2.05) is 50.2 Å². The van der Waals surface area contributed by atoms with Crippen molar-refractivity contribution in [2.45, 2.75) is 33.7 Å². The Morgan fingerprint density at radius 1 is 1.09 bits per heavy atom. The number of nitrogens with zero attached hydrogens (tertiary/aromatic N) is 3. The minimum Gasteiger partial charge on any atom is -0.494 e. The van der Waals surface area contributed by atoms with Crippen molar-refractivity contribution in [2.24, 2.45) is 4.99 Å². The van der Waals surface area contributed by atoms with E-state index in [1.54, 1.807) is 27.2 Å². The molecule has 0 aliphatic carbocycles. The summed E-state index contributed by atoms with van der Waals surface area (Å²) in [6.45, 7) is 5.75. The van der Waals surface area contributed by atoms with E-state index in [0.29, 0.717) is 29.0 Å². The zero-order valence-corrected chi connectivity index (χ0v) is 19.5. The van der Waals surface area contributed by atoms with Crippen molar-refractivity contribution < 1.29 is 14.6 Å². The highest BCUT2D eigenvalue weighted by Crippen LogP contribution is 2.28. The second-order valence-corrected chi connectivity index (χ2v) is 7.79. The number of hydrogen-bond acceptors (Lipinski definition) is 6. The molecule has 3 rings (SSSR count). The first kappa shape index (κ1) is 23.6. The molecule has 0 amide bonds. The van der Waals surface area contributed by atoms with Gasteiger partial charge in [0.1, 0.15) is 11.6 Å². The van der Waals surface area contributed by atoms with Crippen LogP contribution in [0, 0.1) is 32.1 Å². The summed E-state index contributed by atoms with van der Waals surface area (Å²) in [6, 6.07) is 13.4. The monoisotopic (exact) mass is 445 g/mol. The minimum absolute atomic E-state index is 0.0116. The van der Waals surface area contributed by atoms with Crippen molar-refractivity contribution >= 4 is 11.9 Å². The standard InChI is InChI=1S/C26H27N3O4/c1-16-6-7-17(2)22(12-16)28-15-21-18(3)20(14-27)25(30)29(26(21)31)11-10-19-8-9-23(32-4)24(13-19)33-5/h6-9,12-13,15,31H,10-11H2,1-5H3. The fourth-order valence-electron chi connectivity index (χ4n) is 3.60. The van der Waals surface area contributed by atoms with Crippen LogP contribution in [0.15, 0.2) is 46.2 Å². The number of hydrogen-bond donors (Lipinski definition) is 1. The Morgan fingerprint density at radius 3 is 2.48 bits per heavy atom. The van der Waals surface area contributed by atoms with Crippen LogP contribution < -0.4 is 15.0 Å². The molecule has 0 atom stereocenters. The van der Waals surface area contributed by atoms with Gasteiger partial charge in [0.15, 0.2) is 11.5 Å². The SMILES string of the molecule is COc1ccc(CCn2c(O)c(C=Nc3cc(C)ccc3C)c(C)c(C#N)c2=O)cc1OC. The normalized spacial score (nSPS) is 10.9. The van der Waals surface area contributed by atoms with Gasteiger partial charge in [-0.3, -0.25) is 14.4 Å². The number of nitriles is 1. The van der Waals surface area contributed by atoms with Crippen molar-refractivity contribution in [1.29, 1.82) is 5.26 Å². The average Bonchev–Trinajstić information content (AvgIpc) is 2.81. The van der Waals surface area contributed by atoms with Gasteiger partial charge in [0.25, 0.3) is 5.56 Å². The predicted octanol–water partition coefficient (Wildman–Crippen LogP) is 4.36. The molecule has 1 aromatic heterocycles. The first-order valence-corrected chi connectivity index (χ1v) is 10.5. The Hall–Kier alpha value is -4.05. The summed E-state index contributed by atoms with van der Waals surface area (Å²) in [6.07, 6.45) is 1.95. The van der Waals surface area contributed by atoms with E-state index in [1.165, 1.54) is 10.8 Å². The van der Waals surface area contributed by atoms with E-state index in [9.17, 15) is 15.2 Å². The topological polar surface area (TPSA) is 96.8 Å². The molecule has 0 saturated carbocycles. The van der Waals surface area contributed by atoms with Crippen LogP contribution >= 0.6 is 0 Å². The number of aliphatic imine (C=N–C) groups is 1. The van der Waals surface area contributed by atoms with Crippen LogP contribution in [0.2, 0.25) is 0 Å². The molecule has 7 nitrogen and oxygen atoms in total. The van der Waals surface area contributed by atoms with Crippen LogP contribution in [0.25, 0.3) is 0 Å². The Kier molecular flexibility index (Phi) is 7.19. The molecule has 0 spiro atoms. The third-order valence-corrected chi connectivity index (χ3v) is 5.62. The van der Waals surface area contributed by atoms with Crippen LogP contribution in [0.1, 0.15) is 33.4 Å². The second-order valence-electron chi connectivity index (χ2n) is 7.79. The predicted molar refractivity (Wildman–Crippen MR) is 128 cm³/mol. The zero-order valence-electron chi connectivity index (χ0n) is 19.5. The van der Waals surface area contributed by atoms with Crippen molar-refractivity contribution in [3.8, 4) is 23.4 Å². The highest BCUT2D eigenvalue weighted by atomic mass is 16.5. The van der Waals surface area contributed by atoms with Crippen LogP contribution in [0.4, 0.5) is 5.69 Å². The number of benzene rings is 2. The molecule has 2 aromatic carbocycles. The zero-order chi connectivity index (χ0) is 24.1. The van der Waals surface area contributed by atoms with Crippen molar-refractivity contribution in [3.05, 3.63) is 80.1 Å². The number of aryl methyl sites for hydroxylation is 3. The quantitative estimate of drug-likeness (QED) is 0.545. The van der Waals surface area contributed by atoms with Gasteiger partial charge in [0.2, 0.25) is 5.88 Å². The molecule has 0 bridgehead atoms. The summed E-state index contributed by atoms with van der Waals surface area (Å²) in [7, 11) is 3.12. The summed E-state index contributed by atoms with van der Waals surface area (Å²) in [5.74, 6) is 0.967. The van der Waals surface area contributed by atoms with E-state index in [-0.39, 0.29) is 18.0 Å². The third-order valence-electron chi connectivity index (χ3n) is 5.62. The summed E-state index contributed by atoms with van der Waals surface area (Å²) >= 11 is 0. The maximum Gasteiger partial charge on any atom is 0.271 e. The molecular weight excluding hydrogens is 418 g/mol. The van der Waals surface area contributed by atoms with Gasteiger partial charge < -0.3 is 14.6 Å². The fourth-order valence-corrected chi connectivity index (χ4v) is 3.60. The van der Waals surface area contributed by atoms with Gasteiger partial charge in [-0.2, -0.15) is 5.26 Å². The van der Waals surface area contributed by atoms with Crippen molar-refractivity contribution in [2.75, 3.05) is 14.2 Å². The Labute approximate surface area is 193 Å². The van der Waals surface area contributed by atoms with Crippen molar-refractivity contribution in [1.82, 2.24) is 4.57 Å². The van der Waals surface area contributed by atoms with Gasteiger partial charge in [-0.1, -0.05) is 18.2 Å². The largest absolute Gasteiger partial charge is 0.494 e. The molecule has 0 unspecified atom stereocenters. The third kappa shape index (κ3) is 4.90. The van der Waals surface area contributed by atoms with Gasteiger partial charge >= 0.3 is 0 Å². The highest BCUT2D eigenvalue weighted by molar-refractivity contribution is 5.87. The summed E-state index contributed by atoms with van der Waals surface area (Å²) in [5, 5.41) is 20.5. The molecule has 170 valence electrons. The lowest BCUT2D eigenvalue weighted by Gasteiger charge is -2.15. The molecule has 0 aliphatic rings. The maximum absolute atomic E-state index is 12.9. The molecule has 0 fully saturated rings. The number of ether oxygens (including phenoxy) is 2. The molecule has 1 heterocycles. The smallest absolute Gasteiger partial charge is 0.271 e. The lowest BCUT2D eigenvalue weighted by Crippen LogP contribution is -2.26. The van der Waals surface area contributed by atoms with Crippen molar-refractivity contribution in [3.63, 3.8) is 0 Å². The first-order valence-electron chi connectivity index (χ1n) is 10.5. The van der Waals surface area contributed by atoms with Crippen LogP contribution in [0.5, 0.6) is 17.4 Å². The minimum atomic E-state index is -0.531. The second kappa shape index (κ2) is 10.0. The number of aromatic nitrogens is 1. The average molecular weight is 446 g/mol. The number of aromatic hydroxyl groups is 1. The van der Waals surface area contributed by atoms with Crippen LogP contribution in [-0.2, 0) is 13.0 Å². The number of methoxy groups -OCH3 is 2. The van der Waals surface area contributed by atoms with Gasteiger partial charge in [0.05, 0.1) is 25.5 Å². The van der Waals surface area contributed by atoms with E-state index < -0.39 is 5.56 Å². The molecule has 3 aromatic rings. The summed E-state index contributed by atoms with van der Waals surface area (Å²) in [5.41, 5.74) is 3.90. The molecule has 0 aliphatic heterocycles. The highest BCUT2D eigenvalue weighted by Gasteiger charge is 2.18. The molecule has 0 saturated heterocycles. The van der Waals surface area contributed by atoms with Gasteiger partial charge in [-0.05, 0) is 67.6 Å². The molecule has 1 N–H and O–H groups in total. The Bertz CT molecular complexity index is 1320. The van der Waals surface area contributed by atoms with Gasteiger partial charge in [-0.25, -0.2) is 0 Å². The van der Waals surface area contributed by atoms with Crippen LogP contribution in [-0.4, -0.2) is 30.1 Å². The van der Waals surface area contributed by atoms with E-state index in [4.69, 9.17) is 9.47 Å². The lowest BCUT2D eigenvalue weighted by atomic mass is 10.1. The number of rotatable bonds is 7. The molecule has 33 heavy (non-hydrogen) atoms.